The number of amides is 3. The summed E-state index contributed by atoms with van der Waals surface area (Å²) in [6, 6.07) is 15.9. The molecular formula is C19H19N3O3. The third kappa shape index (κ3) is 2.98. The van der Waals surface area contributed by atoms with Crippen molar-refractivity contribution in [3.05, 3.63) is 65.7 Å². The summed E-state index contributed by atoms with van der Waals surface area (Å²) in [5, 5.41) is 7.77. The molecule has 0 unspecified atom stereocenters. The number of imide groups is 1. The molecule has 0 radical (unpaired) electrons. The van der Waals surface area contributed by atoms with Crippen LogP contribution in [0.5, 0.6) is 5.75 Å². The van der Waals surface area contributed by atoms with E-state index in [1.54, 1.807) is 31.4 Å². The summed E-state index contributed by atoms with van der Waals surface area (Å²) in [5.74, 6) is 0.345. The van der Waals surface area contributed by atoms with Crippen LogP contribution < -0.4 is 10.1 Å². The average Bonchev–Trinajstić information content (AvgIpc) is 2.92. The molecule has 1 fully saturated rings. The van der Waals surface area contributed by atoms with E-state index in [9.17, 15) is 9.59 Å². The Morgan fingerprint density at radius 2 is 1.80 bits per heavy atom. The van der Waals surface area contributed by atoms with Gasteiger partial charge in [0.25, 0.3) is 5.91 Å². The first-order valence-corrected chi connectivity index (χ1v) is 8.01. The van der Waals surface area contributed by atoms with Gasteiger partial charge in [-0.05, 0) is 41.8 Å². The number of carbonyl (C=O) groups is 2. The molecule has 25 heavy (non-hydrogen) atoms. The third-order valence-electron chi connectivity index (χ3n) is 4.31. The quantitative estimate of drug-likeness (QED) is 0.674. The van der Waals surface area contributed by atoms with Crippen LogP contribution in [-0.2, 0) is 10.3 Å². The molecule has 6 heteroatoms. The van der Waals surface area contributed by atoms with E-state index < -0.39 is 11.6 Å². The molecule has 6 nitrogen and oxygen atoms in total. The normalized spacial score (nSPS) is 20.2. The van der Waals surface area contributed by atoms with Gasteiger partial charge in [-0.1, -0.05) is 37.3 Å². The first kappa shape index (κ1) is 16.7. The lowest BCUT2D eigenvalue weighted by Gasteiger charge is -2.24. The maximum absolute atomic E-state index is 12.9. The number of hydrazone groups is 1. The predicted molar refractivity (Wildman–Crippen MR) is 94.4 cm³/mol. The van der Waals surface area contributed by atoms with Crippen molar-refractivity contribution in [3.63, 3.8) is 0 Å². The Labute approximate surface area is 146 Å². The summed E-state index contributed by atoms with van der Waals surface area (Å²) in [6.45, 7) is 1.86. The summed E-state index contributed by atoms with van der Waals surface area (Å²) >= 11 is 0. The molecule has 3 amide bonds. The minimum Gasteiger partial charge on any atom is -0.497 e. The van der Waals surface area contributed by atoms with Gasteiger partial charge in [-0.15, -0.1) is 5.01 Å². The van der Waals surface area contributed by atoms with E-state index in [-0.39, 0.29) is 5.91 Å². The summed E-state index contributed by atoms with van der Waals surface area (Å²) in [7, 11) is 1.59. The van der Waals surface area contributed by atoms with Crippen molar-refractivity contribution >= 4 is 18.2 Å². The molecule has 0 aliphatic carbocycles. The molecule has 128 valence electrons. The maximum atomic E-state index is 12.9. The summed E-state index contributed by atoms with van der Waals surface area (Å²) in [5.41, 5.74) is 0.434. The van der Waals surface area contributed by atoms with Crippen molar-refractivity contribution in [3.8, 4) is 5.75 Å². The van der Waals surface area contributed by atoms with Gasteiger partial charge in [-0.25, -0.2) is 4.79 Å². The predicted octanol–water partition coefficient (Wildman–Crippen LogP) is 2.89. The second-order valence-corrected chi connectivity index (χ2v) is 5.69. The number of nitrogens with one attached hydrogen (secondary N) is 1. The topological polar surface area (TPSA) is 71.0 Å². The Hall–Kier alpha value is -3.15. The largest absolute Gasteiger partial charge is 0.497 e. The minimum atomic E-state index is -1.07. The highest BCUT2D eigenvalue weighted by Gasteiger charge is 2.51. The molecule has 1 aliphatic rings. The molecule has 2 aromatic rings. The van der Waals surface area contributed by atoms with E-state index in [0.29, 0.717) is 6.42 Å². The fourth-order valence-electron chi connectivity index (χ4n) is 2.84. The van der Waals surface area contributed by atoms with Gasteiger partial charge in [0, 0.05) is 0 Å². The van der Waals surface area contributed by atoms with Gasteiger partial charge < -0.3 is 10.1 Å². The third-order valence-corrected chi connectivity index (χ3v) is 4.31. The number of nitrogens with zero attached hydrogens (tertiary/aromatic N) is 2. The van der Waals surface area contributed by atoms with E-state index in [0.717, 1.165) is 21.9 Å². The number of carbonyl (C=O) groups excluding carboxylic acids is 2. The van der Waals surface area contributed by atoms with Crippen LogP contribution in [0.3, 0.4) is 0 Å². The monoisotopic (exact) mass is 337 g/mol. The smallest absolute Gasteiger partial charge is 0.346 e. The molecule has 1 heterocycles. The van der Waals surface area contributed by atoms with Crippen LogP contribution >= 0.6 is 0 Å². The van der Waals surface area contributed by atoms with Gasteiger partial charge in [0.1, 0.15) is 11.3 Å². The lowest BCUT2D eigenvalue weighted by atomic mass is 9.87. The highest BCUT2D eigenvalue weighted by Crippen LogP contribution is 2.32. The lowest BCUT2D eigenvalue weighted by molar-refractivity contribution is -0.131. The number of benzene rings is 2. The number of hydrogen-bond donors (Lipinski definition) is 1. The van der Waals surface area contributed by atoms with Crippen LogP contribution in [0.4, 0.5) is 4.79 Å². The molecule has 1 atom stereocenters. The van der Waals surface area contributed by atoms with E-state index in [2.05, 4.69) is 10.4 Å². The summed E-state index contributed by atoms with van der Waals surface area (Å²) < 4.78 is 5.10. The molecule has 0 spiro atoms. The molecule has 3 rings (SSSR count). The first-order chi connectivity index (χ1) is 12.1. The first-order valence-electron chi connectivity index (χ1n) is 8.01. The van der Waals surface area contributed by atoms with Crippen LogP contribution in [-0.4, -0.2) is 30.3 Å². The SMILES string of the molecule is CC[C@]1(c2ccccc2)NC(=O)N(/N=C\c2ccc(OC)cc2)C1=O. The van der Waals surface area contributed by atoms with E-state index in [4.69, 9.17) is 4.74 Å². The number of hydrogen-bond acceptors (Lipinski definition) is 4. The molecule has 1 saturated heterocycles. The molecule has 0 aromatic heterocycles. The highest BCUT2D eigenvalue weighted by atomic mass is 16.5. The van der Waals surface area contributed by atoms with Crippen molar-refractivity contribution < 1.29 is 14.3 Å². The molecule has 0 bridgehead atoms. The Bertz CT molecular complexity index is 802. The van der Waals surface area contributed by atoms with Gasteiger partial charge in [0.2, 0.25) is 0 Å². The van der Waals surface area contributed by atoms with Crippen molar-refractivity contribution in [2.24, 2.45) is 5.10 Å². The molecule has 0 saturated carbocycles. The van der Waals surface area contributed by atoms with Crippen LogP contribution in [0.25, 0.3) is 0 Å². The number of urea groups is 1. The van der Waals surface area contributed by atoms with Gasteiger partial charge in [0.15, 0.2) is 0 Å². The Morgan fingerprint density at radius 1 is 1.12 bits per heavy atom. The standard InChI is InChI=1S/C19H19N3O3/c1-3-19(15-7-5-4-6-8-15)17(23)22(18(24)21-19)20-13-14-9-11-16(25-2)12-10-14/h4-13H,3H2,1-2H3,(H,21,24)/b20-13-/t19-/m1/s1. The maximum Gasteiger partial charge on any atom is 0.346 e. The Kier molecular flexibility index (Phi) is 4.52. The molecule has 2 aromatic carbocycles. The van der Waals surface area contributed by atoms with Gasteiger partial charge in [0.05, 0.1) is 13.3 Å². The zero-order valence-corrected chi connectivity index (χ0v) is 14.1. The van der Waals surface area contributed by atoms with Crippen LogP contribution in [0, 0.1) is 0 Å². The van der Waals surface area contributed by atoms with Crippen LogP contribution in [0.1, 0.15) is 24.5 Å². The number of rotatable bonds is 5. The molecule has 1 aliphatic heterocycles. The minimum absolute atomic E-state index is 0.379. The highest BCUT2D eigenvalue weighted by molar-refractivity contribution is 6.07. The van der Waals surface area contributed by atoms with Gasteiger partial charge in [-0.2, -0.15) is 5.10 Å². The van der Waals surface area contributed by atoms with Gasteiger partial charge in [-0.3, -0.25) is 4.79 Å². The summed E-state index contributed by atoms with van der Waals surface area (Å²) in [4.78, 5) is 25.2. The Morgan fingerprint density at radius 3 is 2.40 bits per heavy atom. The second-order valence-electron chi connectivity index (χ2n) is 5.69. The van der Waals surface area contributed by atoms with Crippen molar-refractivity contribution in [1.29, 1.82) is 0 Å². The average molecular weight is 337 g/mol. The van der Waals surface area contributed by atoms with E-state index in [1.165, 1.54) is 6.21 Å². The lowest BCUT2D eigenvalue weighted by Crippen LogP contribution is -2.43. The second kappa shape index (κ2) is 6.76. The van der Waals surface area contributed by atoms with Crippen molar-refractivity contribution in [1.82, 2.24) is 10.3 Å². The van der Waals surface area contributed by atoms with Crippen molar-refractivity contribution in [2.75, 3.05) is 7.11 Å². The molecule has 1 N–H and O–H groups in total. The fourth-order valence-corrected chi connectivity index (χ4v) is 2.84. The number of ether oxygens (including phenoxy) is 1. The molecular weight excluding hydrogens is 318 g/mol. The van der Waals surface area contributed by atoms with Crippen molar-refractivity contribution in [2.45, 2.75) is 18.9 Å². The fraction of sp³-hybridized carbons (Fsp3) is 0.211. The zero-order chi connectivity index (χ0) is 17.9. The van der Waals surface area contributed by atoms with Gasteiger partial charge >= 0.3 is 6.03 Å². The van der Waals surface area contributed by atoms with E-state index in [1.807, 2.05) is 37.3 Å². The van der Waals surface area contributed by atoms with Crippen LogP contribution in [0.2, 0.25) is 0 Å². The summed E-state index contributed by atoms with van der Waals surface area (Å²) in [6.07, 6.45) is 1.92. The van der Waals surface area contributed by atoms with Crippen LogP contribution in [0.15, 0.2) is 59.7 Å². The zero-order valence-electron chi connectivity index (χ0n) is 14.1. The van der Waals surface area contributed by atoms with E-state index >= 15 is 0 Å². The Balaban J connectivity index is 1.86. The number of methoxy groups -OCH3 is 1.